The number of benzene rings is 1. The fraction of sp³-hybridized carbons (Fsp3) is 0.400. The van der Waals surface area contributed by atoms with Crippen LogP contribution in [0.2, 0.25) is 0 Å². The molecule has 0 amide bonds. The zero-order valence-corrected chi connectivity index (χ0v) is 13.9. The molecule has 0 radical (unpaired) electrons. The van der Waals surface area contributed by atoms with Crippen molar-refractivity contribution in [2.45, 2.75) is 20.8 Å². The Morgan fingerprint density at radius 1 is 1.35 bits per heavy atom. The van der Waals surface area contributed by atoms with Crippen molar-refractivity contribution in [1.82, 2.24) is 14.9 Å². The molecule has 0 aliphatic carbocycles. The first-order valence-corrected chi connectivity index (χ1v) is 7.49. The molecular weight excluding hydrogens is 294 g/mol. The van der Waals surface area contributed by atoms with Crippen molar-refractivity contribution in [3.8, 4) is 5.75 Å². The Kier molecular flexibility index (Phi) is 5.40. The second-order valence-corrected chi connectivity index (χ2v) is 4.91. The summed E-state index contributed by atoms with van der Waals surface area (Å²) in [6, 6.07) is 6.02. The van der Waals surface area contributed by atoms with Crippen LogP contribution in [0.25, 0.3) is 0 Å². The Bertz CT molecular complexity index is 676. The topological polar surface area (TPSA) is 93.6 Å². The molecule has 124 valence electrons. The second-order valence-electron chi connectivity index (χ2n) is 4.91. The number of hydrogen-bond acceptors (Lipinski definition) is 7. The van der Waals surface area contributed by atoms with E-state index in [4.69, 9.17) is 10.6 Å². The van der Waals surface area contributed by atoms with E-state index >= 15 is 0 Å². The van der Waals surface area contributed by atoms with Gasteiger partial charge in [-0.2, -0.15) is 5.10 Å². The Labute approximate surface area is 135 Å². The third-order valence-electron chi connectivity index (χ3n) is 3.58. The number of aryl methyl sites for hydroxylation is 1. The first kappa shape index (κ1) is 16.6. The quantitative estimate of drug-likeness (QED) is 0.458. The largest absolute Gasteiger partial charge is 0.496 e. The fourth-order valence-electron chi connectivity index (χ4n) is 2.20. The molecule has 1 aromatic carbocycles. The van der Waals surface area contributed by atoms with E-state index in [1.807, 2.05) is 18.2 Å². The van der Waals surface area contributed by atoms with Crippen LogP contribution in [0.5, 0.6) is 5.75 Å². The Morgan fingerprint density at radius 2 is 2.09 bits per heavy atom. The number of rotatable bonds is 7. The van der Waals surface area contributed by atoms with Crippen molar-refractivity contribution >= 4 is 17.9 Å². The van der Waals surface area contributed by atoms with Gasteiger partial charge in [-0.3, -0.25) is 0 Å². The van der Waals surface area contributed by atoms with Crippen LogP contribution in [0.3, 0.4) is 0 Å². The molecule has 0 bridgehead atoms. The lowest BCUT2D eigenvalue weighted by atomic mass is 10.2. The standard InChI is InChI=1S/C15H23N7O/c1-5-21(6-2)13-8-7-12(14(9-13)23-4)10-17-19-15-20-18-11(3)22(15)16/h7-10H,5-6,16H2,1-4H3,(H,19,20)/b17-10-. The minimum Gasteiger partial charge on any atom is -0.496 e. The van der Waals surface area contributed by atoms with Gasteiger partial charge in [0, 0.05) is 30.4 Å². The van der Waals surface area contributed by atoms with E-state index in [-0.39, 0.29) is 0 Å². The van der Waals surface area contributed by atoms with Crippen LogP contribution in [0.15, 0.2) is 23.3 Å². The summed E-state index contributed by atoms with van der Waals surface area (Å²) in [6.07, 6.45) is 1.66. The number of anilines is 2. The minimum absolute atomic E-state index is 0.373. The summed E-state index contributed by atoms with van der Waals surface area (Å²) in [5.74, 6) is 7.48. The highest BCUT2D eigenvalue weighted by Gasteiger charge is 2.07. The highest BCUT2D eigenvalue weighted by molar-refractivity contribution is 5.85. The highest BCUT2D eigenvalue weighted by atomic mass is 16.5. The van der Waals surface area contributed by atoms with Gasteiger partial charge in [0.15, 0.2) is 5.82 Å². The summed E-state index contributed by atoms with van der Waals surface area (Å²) >= 11 is 0. The molecule has 2 rings (SSSR count). The number of hydrazone groups is 1. The Hall–Kier alpha value is -2.77. The van der Waals surface area contributed by atoms with Crippen LogP contribution in [0.4, 0.5) is 11.6 Å². The SMILES string of the molecule is CCN(CC)c1ccc(/C=N\Nc2nnc(C)n2N)c(OC)c1. The smallest absolute Gasteiger partial charge is 0.263 e. The normalized spacial score (nSPS) is 11.0. The fourth-order valence-corrected chi connectivity index (χ4v) is 2.20. The van der Waals surface area contributed by atoms with E-state index in [9.17, 15) is 0 Å². The summed E-state index contributed by atoms with van der Waals surface area (Å²) in [5.41, 5.74) is 4.74. The molecule has 0 fully saturated rings. The van der Waals surface area contributed by atoms with Crippen molar-refractivity contribution in [2.75, 3.05) is 36.4 Å². The molecule has 3 N–H and O–H groups in total. The summed E-state index contributed by atoms with van der Waals surface area (Å²) in [7, 11) is 1.64. The van der Waals surface area contributed by atoms with Crippen LogP contribution in [-0.2, 0) is 0 Å². The molecule has 0 unspecified atom stereocenters. The van der Waals surface area contributed by atoms with E-state index in [2.05, 4.69) is 39.5 Å². The zero-order valence-electron chi connectivity index (χ0n) is 13.9. The van der Waals surface area contributed by atoms with Gasteiger partial charge in [0.05, 0.1) is 13.3 Å². The van der Waals surface area contributed by atoms with Crippen LogP contribution in [-0.4, -0.2) is 41.3 Å². The lowest BCUT2D eigenvalue weighted by molar-refractivity contribution is 0.414. The first-order chi connectivity index (χ1) is 11.1. The van der Waals surface area contributed by atoms with E-state index in [1.165, 1.54) is 4.68 Å². The van der Waals surface area contributed by atoms with Crippen LogP contribution in [0, 0.1) is 6.92 Å². The summed E-state index contributed by atoms with van der Waals surface area (Å²) < 4.78 is 6.78. The molecule has 0 aliphatic heterocycles. The third-order valence-corrected chi connectivity index (χ3v) is 3.58. The number of methoxy groups -OCH3 is 1. The summed E-state index contributed by atoms with van der Waals surface area (Å²) in [4.78, 5) is 2.25. The van der Waals surface area contributed by atoms with E-state index in [1.54, 1.807) is 20.2 Å². The average Bonchev–Trinajstić information content (AvgIpc) is 2.89. The molecule has 0 spiro atoms. The van der Waals surface area contributed by atoms with Crippen LogP contribution >= 0.6 is 0 Å². The van der Waals surface area contributed by atoms with Gasteiger partial charge in [0.25, 0.3) is 5.95 Å². The van der Waals surface area contributed by atoms with Crippen LogP contribution in [0.1, 0.15) is 25.2 Å². The molecule has 2 aromatic rings. The minimum atomic E-state index is 0.373. The molecule has 0 saturated heterocycles. The van der Waals surface area contributed by atoms with Gasteiger partial charge < -0.3 is 15.5 Å². The molecule has 0 atom stereocenters. The number of ether oxygens (including phenoxy) is 1. The molecule has 0 saturated carbocycles. The van der Waals surface area contributed by atoms with Crippen LogP contribution < -0.4 is 20.9 Å². The molecule has 8 nitrogen and oxygen atoms in total. The van der Waals surface area contributed by atoms with Crippen molar-refractivity contribution in [1.29, 1.82) is 0 Å². The maximum absolute atomic E-state index is 5.75. The van der Waals surface area contributed by atoms with Gasteiger partial charge in [-0.15, -0.1) is 10.2 Å². The zero-order chi connectivity index (χ0) is 16.8. The number of nitrogen functional groups attached to an aromatic ring is 1. The van der Waals surface area contributed by atoms with E-state index in [0.717, 1.165) is 30.1 Å². The average molecular weight is 317 g/mol. The van der Waals surface area contributed by atoms with Gasteiger partial charge in [-0.05, 0) is 32.9 Å². The molecule has 1 heterocycles. The number of nitrogens with two attached hydrogens (primary N) is 1. The van der Waals surface area contributed by atoms with Gasteiger partial charge in [0.2, 0.25) is 0 Å². The van der Waals surface area contributed by atoms with Gasteiger partial charge in [-0.1, -0.05) is 0 Å². The number of nitrogens with zero attached hydrogens (tertiary/aromatic N) is 5. The maximum Gasteiger partial charge on any atom is 0.263 e. The first-order valence-electron chi connectivity index (χ1n) is 7.49. The van der Waals surface area contributed by atoms with Crippen molar-refractivity contribution < 1.29 is 4.74 Å². The maximum atomic E-state index is 5.75. The van der Waals surface area contributed by atoms with Gasteiger partial charge in [0.1, 0.15) is 5.75 Å². The summed E-state index contributed by atoms with van der Waals surface area (Å²) in [5, 5.41) is 11.9. The number of nitrogens with one attached hydrogen (secondary N) is 1. The van der Waals surface area contributed by atoms with E-state index < -0.39 is 0 Å². The molecule has 8 heteroatoms. The third kappa shape index (κ3) is 3.71. The molecule has 0 aliphatic rings. The molecule has 1 aromatic heterocycles. The summed E-state index contributed by atoms with van der Waals surface area (Å²) in [6.45, 7) is 7.90. The highest BCUT2D eigenvalue weighted by Crippen LogP contribution is 2.24. The molecular formula is C15H23N7O. The van der Waals surface area contributed by atoms with Gasteiger partial charge in [-0.25, -0.2) is 10.1 Å². The van der Waals surface area contributed by atoms with Crippen molar-refractivity contribution in [3.05, 3.63) is 29.6 Å². The second kappa shape index (κ2) is 7.48. The van der Waals surface area contributed by atoms with Gasteiger partial charge >= 0.3 is 0 Å². The lowest BCUT2D eigenvalue weighted by Gasteiger charge is -2.21. The monoisotopic (exact) mass is 317 g/mol. The Balaban J connectivity index is 2.16. The van der Waals surface area contributed by atoms with Crippen molar-refractivity contribution in [2.24, 2.45) is 5.10 Å². The predicted molar refractivity (Wildman–Crippen MR) is 92.7 cm³/mol. The molecule has 23 heavy (non-hydrogen) atoms. The lowest BCUT2D eigenvalue weighted by Crippen LogP contribution is -2.21. The van der Waals surface area contributed by atoms with E-state index in [0.29, 0.717) is 11.8 Å². The Morgan fingerprint density at radius 3 is 2.65 bits per heavy atom. The number of hydrogen-bond donors (Lipinski definition) is 2. The predicted octanol–water partition coefficient (Wildman–Crippen LogP) is 1.60. The number of aromatic nitrogens is 3. The van der Waals surface area contributed by atoms with Crippen molar-refractivity contribution in [3.63, 3.8) is 0 Å².